The molecule has 0 saturated carbocycles. The van der Waals surface area contributed by atoms with Gasteiger partial charge in [0.2, 0.25) is 0 Å². The van der Waals surface area contributed by atoms with Crippen molar-refractivity contribution in [1.82, 2.24) is 4.57 Å². The van der Waals surface area contributed by atoms with Crippen molar-refractivity contribution in [3.8, 4) is 0 Å². The molecule has 0 spiro atoms. The standard InChI is InChI=1S/C14H23NO2/c1-6-14(7-2,8-3)15-10(4)9-12(11(15)5)13(16)17/h9H,6-8H2,1-5H3,(H,16,17). The van der Waals surface area contributed by atoms with E-state index in [0.717, 1.165) is 30.7 Å². The first-order chi connectivity index (χ1) is 7.93. The van der Waals surface area contributed by atoms with Crippen molar-refractivity contribution >= 4 is 5.97 Å². The molecule has 0 aromatic carbocycles. The normalized spacial score (nSPS) is 11.8. The third-order valence-corrected chi connectivity index (χ3v) is 4.11. The summed E-state index contributed by atoms with van der Waals surface area (Å²) in [6.45, 7) is 10.4. The van der Waals surface area contributed by atoms with Gasteiger partial charge in [-0.15, -0.1) is 0 Å². The summed E-state index contributed by atoms with van der Waals surface area (Å²) >= 11 is 0. The molecule has 0 aliphatic heterocycles. The monoisotopic (exact) mass is 237 g/mol. The average molecular weight is 237 g/mol. The molecular formula is C14H23NO2. The predicted octanol–water partition coefficient (Wildman–Crippen LogP) is 3.73. The fourth-order valence-electron chi connectivity index (χ4n) is 2.93. The van der Waals surface area contributed by atoms with Crippen molar-refractivity contribution in [2.75, 3.05) is 0 Å². The number of carbonyl (C=O) groups is 1. The SMILES string of the molecule is CCC(CC)(CC)n1c(C)cc(C(=O)O)c1C. The third-order valence-electron chi connectivity index (χ3n) is 4.11. The van der Waals surface area contributed by atoms with Crippen LogP contribution in [0.5, 0.6) is 0 Å². The van der Waals surface area contributed by atoms with Gasteiger partial charge in [-0.2, -0.15) is 0 Å². The topological polar surface area (TPSA) is 42.2 Å². The van der Waals surface area contributed by atoms with Crippen LogP contribution < -0.4 is 0 Å². The molecule has 0 amide bonds. The highest BCUT2D eigenvalue weighted by Crippen LogP contribution is 2.33. The molecule has 1 rings (SSSR count). The Hall–Kier alpha value is -1.25. The zero-order chi connectivity index (χ0) is 13.2. The molecule has 0 radical (unpaired) electrons. The first-order valence-corrected chi connectivity index (χ1v) is 6.36. The molecule has 0 bridgehead atoms. The predicted molar refractivity (Wildman–Crippen MR) is 69.7 cm³/mol. The molecule has 3 heteroatoms. The average Bonchev–Trinajstić information content (AvgIpc) is 2.60. The zero-order valence-corrected chi connectivity index (χ0v) is 11.5. The van der Waals surface area contributed by atoms with E-state index in [9.17, 15) is 9.90 Å². The summed E-state index contributed by atoms with van der Waals surface area (Å²) in [5, 5.41) is 9.17. The van der Waals surface area contributed by atoms with E-state index in [1.807, 2.05) is 13.8 Å². The molecule has 3 nitrogen and oxygen atoms in total. The minimum Gasteiger partial charge on any atom is -0.478 e. The van der Waals surface area contributed by atoms with Crippen molar-refractivity contribution in [1.29, 1.82) is 0 Å². The summed E-state index contributed by atoms with van der Waals surface area (Å²) in [6, 6.07) is 1.79. The quantitative estimate of drug-likeness (QED) is 0.847. The Balaban J connectivity index is 3.44. The molecule has 17 heavy (non-hydrogen) atoms. The van der Waals surface area contributed by atoms with Crippen LogP contribution in [0.15, 0.2) is 6.07 Å². The van der Waals surface area contributed by atoms with E-state index < -0.39 is 5.97 Å². The van der Waals surface area contributed by atoms with Crippen molar-refractivity contribution < 1.29 is 9.90 Å². The summed E-state index contributed by atoms with van der Waals surface area (Å²) in [7, 11) is 0. The Labute approximate surface area is 103 Å². The summed E-state index contributed by atoms with van der Waals surface area (Å²) in [4.78, 5) is 11.2. The molecule has 0 aliphatic rings. The fourth-order valence-corrected chi connectivity index (χ4v) is 2.93. The van der Waals surface area contributed by atoms with Gasteiger partial charge < -0.3 is 9.67 Å². The number of nitrogens with zero attached hydrogens (tertiary/aromatic N) is 1. The summed E-state index contributed by atoms with van der Waals surface area (Å²) < 4.78 is 2.22. The van der Waals surface area contributed by atoms with Crippen LogP contribution in [0.4, 0.5) is 0 Å². The van der Waals surface area contributed by atoms with E-state index in [-0.39, 0.29) is 5.54 Å². The third kappa shape index (κ3) is 2.11. The van der Waals surface area contributed by atoms with Crippen LogP contribution in [-0.4, -0.2) is 15.6 Å². The van der Waals surface area contributed by atoms with E-state index in [1.165, 1.54) is 0 Å². The van der Waals surface area contributed by atoms with Crippen molar-refractivity contribution in [3.63, 3.8) is 0 Å². The molecule has 0 atom stereocenters. The number of hydrogen-bond donors (Lipinski definition) is 1. The van der Waals surface area contributed by atoms with Crippen molar-refractivity contribution in [3.05, 3.63) is 23.0 Å². The Morgan fingerprint density at radius 3 is 2.00 bits per heavy atom. The Kier molecular flexibility index (Phi) is 4.02. The van der Waals surface area contributed by atoms with Crippen LogP contribution >= 0.6 is 0 Å². The van der Waals surface area contributed by atoms with Crippen LogP contribution in [0.3, 0.4) is 0 Å². The summed E-state index contributed by atoms with van der Waals surface area (Å²) in [5.74, 6) is -0.832. The molecule has 96 valence electrons. The lowest BCUT2D eigenvalue weighted by atomic mass is 9.89. The second-order valence-electron chi connectivity index (χ2n) is 4.71. The molecule has 0 aliphatic carbocycles. The Bertz CT molecular complexity index is 406. The molecular weight excluding hydrogens is 214 g/mol. The van der Waals surface area contributed by atoms with Gasteiger partial charge in [0.15, 0.2) is 0 Å². The number of rotatable bonds is 5. The number of aromatic nitrogens is 1. The number of carboxylic acids is 1. The maximum Gasteiger partial charge on any atom is 0.337 e. The minimum absolute atomic E-state index is 0.0574. The molecule has 0 fully saturated rings. The van der Waals surface area contributed by atoms with Gasteiger partial charge >= 0.3 is 5.97 Å². The molecule has 1 aromatic heterocycles. The molecule has 1 aromatic rings. The van der Waals surface area contributed by atoms with Gasteiger partial charge in [-0.1, -0.05) is 20.8 Å². The molecule has 0 unspecified atom stereocenters. The van der Waals surface area contributed by atoms with E-state index >= 15 is 0 Å². The van der Waals surface area contributed by atoms with Crippen molar-refractivity contribution in [2.45, 2.75) is 59.4 Å². The maximum absolute atomic E-state index is 11.2. The van der Waals surface area contributed by atoms with E-state index in [0.29, 0.717) is 5.56 Å². The fraction of sp³-hybridized carbons (Fsp3) is 0.643. The van der Waals surface area contributed by atoms with Gasteiger partial charge in [-0.25, -0.2) is 4.79 Å². The minimum atomic E-state index is -0.832. The maximum atomic E-state index is 11.2. The lowest BCUT2D eigenvalue weighted by Crippen LogP contribution is -2.33. The highest BCUT2D eigenvalue weighted by Gasteiger charge is 2.30. The van der Waals surface area contributed by atoms with Gasteiger partial charge in [-0.05, 0) is 39.2 Å². The highest BCUT2D eigenvalue weighted by atomic mass is 16.4. The largest absolute Gasteiger partial charge is 0.478 e. The van der Waals surface area contributed by atoms with E-state index in [1.54, 1.807) is 6.07 Å². The first-order valence-electron chi connectivity index (χ1n) is 6.36. The molecule has 0 saturated heterocycles. The molecule has 1 N–H and O–H groups in total. The lowest BCUT2D eigenvalue weighted by molar-refractivity contribution is 0.0695. The van der Waals surface area contributed by atoms with Gasteiger partial charge in [-0.3, -0.25) is 0 Å². The molecule has 1 heterocycles. The van der Waals surface area contributed by atoms with E-state index in [2.05, 4.69) is 25.3 Å². The number of hydrogen-bond acceptors (Lipinski definition) is 1. The highest BCUT2D eigenvalue weighted by molar-refractivity contribution is 5.89. The Morgan fingerprint density at radius 1 is 1.24 bits per heavy atom. The number of aromatic carboxylic acids is 1. The van der Waals surface area contributed by atoms with Gasteiger partial charge in [0, 0.05) is 16.9 Å². The van der Waals surface area contributed by atoms with Gasteiger partial charge in [0.1, 0.15) is 0 Å². The second-order valence-corrected chi connectivity index (χ2v) is 4.71. The summed E-state index contributed by atoms with van der Waals surface area (Å²) in [6.07, 6.45) is 3.07. The Morgan fingerprint density at radius 2 is 1.71 bits per heavy atom. The second kappa shape index (κ2) is 4.94. The van der Waals surface area contributed by atoms with Crippen LogP contribution in [0.2, 0.25) is 0 Å². The van der Waals surface area contributed by atoms with Crippen LogP contribution in [0.25, 0.3) is 0 Å². The lowest BCUT2D eigenvalue weighted by Gasteiger charge is -2.35. The van der Waals surface area contributed by atoms with Crippen LogP contribution in [-0.2, 0) is 5.54 Å². The van der Waals surface area contributed by atoms with Crippen LogP contribution in [0.1, 0.15) is 61.8 Å². The number of carboxylic acid groups (broad SMARTS) is 1. The van der Waals surface area contributed by atoms with E-state index in [4.69, 9.17) is 0 Å². The zero-order valence-electron chi connectivity index (χ0n) is 11.5. The smallest absolute Gasteiger partial charge is 0.337 e. The van der Waals surface area contributed by atoms with Gasteiger partial charge in [0.25, 0.3) is 0 Å². The summed E-state index contributed by atoms with van der Waals surface area (Å²) in [5.41, 5.74) is 2.41. The van der Waals surface area contributed by atoms with Crippen LogP contribution in [0, 0.1) is 13.8 Å². The van der Waals surface area contributed by atoms with Gasteiger partial charge in [0.05, 0.1) is 5.56 Å². The first kappa shape index (κ1) is 13.8. The van der Waals surface area contributed by atoms with Crippen molar-refractivity contribution in [2.24, 2.45) is 0 Å². The number of aryl methyl sites for hydroxylation is 1.